The van der Waals surface area contributed by atoms with Gasteiger partial charge in [-0.3, -0.25) is 9.69 Å². The number of nitrogens with one attached hydrogen (secondary N) is 1. The Balaban J connectivity index is 1.99. The predicted octanol–water partition coefficient (Wildman–Crippen LogP) is 0.935. The number of piperazine rings is 1. The lowest BCUT2D eigenvalue weighted by Gasteiger charge is -2.35. The molecule has 1 aliphatic heterocycles. The van der Waals surface area contributed by atoms with Gasteiger partial charge in [-0.25, -0.2) is 0 Å². The zero-order chi connectivity index (χ0) is 12.1. The summed E-state index contributed by atoms with van der Waals surface area (Å²) in [5.41, 5.74) is 1.24. The van der Waals surface area contributed by atoms with Crippen molar-refractivity contribution in [2.24, 2.45) is 0 Å². The van der Waals surface area contributed by atoms with E-state index < -0.39 is 5.97 Å². The van der Waals surface area contributed by atoms with Gasteiger partial charge in [0.2, 0.25) is 0 Å². The summed E-state index contributed by atoms with van der Waals surface area (Å²) in [4.78, 5) is 13.1. The van der Waals surface area contributed by atoms with Gasteiger partial charge < -0.3 is 10.4 Å². The molecule has 1 aromatic carbocycles. The summed E-state index contributed by atoms with van der Waals surface area (Å²) in [5.74, 6) is -0.725. The highest BCUT2D eigenvalue weighted by Gasteiger charge is 2.24. The molecule has 0 saturated carbocycles. The fraction of sp³-hybridized carbons (Fsp3) is 0.462. The van der Waals surface area contributed by atoms with Crippen LogP contribution in [0.15, 0.2) is 30.3 Å². The number of rotatable bonds is 4. The van der Waals surface area contributed by atoms with E-state index in [1.807, 2.05) is 18.2 Å². The monoisotopic (exact) mass is 234 g/mol. The highest BCUT2D eigenvalue weighted by molar-refractivity contribution is 5.67. The van der Waals surface area contributed by atoms with Crippen molar-refractivity contribution < 1.29 is 9.90 Å². The van der Waals surface area contributed by atoms with E-state index in [1.165, 1.54) is 5.56 Å². The van der Waals surface area contributed by atoms with Gasteiger partial charge in [0.15, 0.2) is 0 Å². The average Bonchev–Trinajstić information content (AvgIpc) is 2.32. The van der Waals surface area contributed by atoms with Crippen molar-refractivity contribution in [2.45, 2.75) is 19.0 Å². The summed E-state index contributed by atoms with van der Waals surface area (Å²) in [6.07, 6.45) is 0.208. The topological polar surface area (TPSA) is 52.6 Å². The molecule has 1 heterocycles. The lowest BCUT2D eigenvalue weighted by atomic mass is 10.1. The van der Waals surface area contributed by atoms with Crippen molar-refractivity contribution in [1.82, 2.24) is 10.2 Å². The molecule has 0 radical (unpaired) electrons. The molecule has 0 amide bonds. The van der Waals surface area contributed by atoms with Crippen LogP contribution in [-0.4, -0.2) is 41.7 Å². The lowest BCUT2D eigenvalue weighted by Crippen LogP contribution is -2.51. The maximum atomic E-state index is 10.8. The quantitative estimate of drug-likeness (QED) is 0.814. The number of nitrogens with zero attached hydrogens (tertiary/aromatic N) is 1. The minimum Gasteiger partial charge on any atom is -0.481 e. The standard InChI is InChI=1S/C13H18N2O2/c16-13(17)8-12-9-14-6-7-15(12)10-11-4-2-1-3-5-11/h1-5,12,14H,6-10H2,(H,16,17)/t12-/m0/s1. The van der Waals surface area contributed by atoms with Crippen molar-refractivity contribution in [2.75, 3.05) is 19.6 Å². The molecular formula is C13H18N2O2. The number of hydrogen-bond acceptors (Lipinski definition) is 3. The van der Waals surface area contributed by atoms with Crippen molar-refractivity contribution in [3.05, 3.63) is 35.9 Å². The van der Waals surface area contributed by atoms with Crippen LogP contribution in [-0.2, 0) is 11.3 Å². The van der Waals surface area contributed by atoms with E-state index in [2.05, 4.69) is 22.3 Å². The second-order valence-electron chi connectivity index (χ2n) is 4.41. The van der Waals surface area contributed by atoms with Crippen molar-refractivity contribution in [3.63, 3.8) is 0 Å². The Hall–Kier alpha value is -1.39. The Morgan fingerprint density at radius 1 is 1.41 bits per heavy atom. The van der Waals surface area contributed by atoms with Gasteiger partial charge in [0.25, 0.3) is 0 Å². The van der Waals surface area contributed by atoms with Crippen LogP contribution in [0.5, 0.6) is 0 Å². The number of carboxylic acids is 1. The molecule has 0 aromatic heterocycles. The Bertz CT molecular complexity index is 367. The molecule has 92 valence electrons. The average molecular weight is 234 g/mol. The number of aliphatic carboxylic acids is 1. The zero-order valence-corrected chi connectivity index (χ0v) is 9.80. The molecule has 4 heteroatoms. The normalized spacial score (nSPS) is 21.3. The maximum Gasteiger partial charge on any atom is 0.304 e. The first-order valence-corrected chi connectivity index (χ1v) is 5.96. The van der Waals surface area contributed by atoms with Crippen LogP contribution in [0.2, 0.25) is 0 Å². The van der Waals surface area contributed by atoms with E-state index in [1.54, 1.807) is 0 Å². The number of carboxylic acid groups (broad SMARTS) is 1. The molecule has 1 aliphatic rings. The fourth-order valence-corrected chi connectivity index (χ4v) is 2.23. The lowest BCUT2D eigenvalue weighted by molar-refractivity contribution is -0.138. The van der Waals surface area contributed by atoms with E-state index in [0.717, 1.165) is 26.2 Å². The van der Waals surface area contributed by atoms with Crippen LogP contribution in [0.4, 0.5) is 0 Å². The molecule has 1 fully saturated rings. The molecule has 0 bridgehead atoms. The molecule has 2 N–H and O–H groups in total. The molecule has 4 nitrogen and oxygen atoms in total. The minimum atomic E-state index is -0.725. The van der Waals surface area contributed by atoms with Gasteiger partial charge in [0, 0.05) is 32.2 Å². The van der Waals surface area contributed by atoms with Crippen molar-refractivity contribution in [3.8, 4) is 0 Å². The van der Waals surface area contributed by atoms with E-state index in [4.69, 9.17) is 5.11 Å². The Morgan fingerprint density at radius 3 is 2.88 bits per heavy atom. The number of benzene rings is 1. The first-order chi connectivity index (χ1) is 8.25. The summed E-state index contributed by atoms with van der Waals surface area (Å²) < 4.78 is 0. The van der Waals surface area contributed by atoms with E-state index >= 15 is 0 Å². The fourth-order valence-electron chi connectivity index (χ4n) is 2.23. The second kappa shape index (κ2) is 5.80. The predicted molar refractivity (Wildman–Crippen MR) is 65.8 cm³/mol. The molecule has 0 unspecified atom stereocenters. The van der Waals surface area contributed by atoms with Gasteiger partial charge in [-0.1, -0.05) is 30.3 Å². The summed E-state index contributed by atoms with van der Waals surface area (Å²) in [6.45, 7) is 3.44. The number of hydrogen-bond donors (Lipinski definition) is 2. The van der Waals surface area contributed by atoms with Gasteiger partial charge in [-0.15, -0.1) is 0 Å². The van der Waals surface area contributed by atoms with Crippen LogP contribution in [0.1, 0.15) is 12.0 Å². The minimum absolute atomic E-state index is 0.0986. The molecule has 0 aliphatic carbocycles. The van der Waals surface area contributed by atoms with Gasteiger partial charge in [-0.05, 0) is 5.56 Å². The molecule has 17 heavy (non-hydrogen) atoms. The van der Waals surface area contributed by atoms with E-state index in [0.29, 0.717) is 0 Å². The largest absolute Gasteiger partial charge is 0.481 e. The van der Waals surface area contributed by atoms with Gasteiger partial charge in [0.1, 0.15) is 0 Å². The van der Waals surface area contributed by atoms with E-state index in [-0.39, 0.29) is 12.5 Å². The summed E-state index contributed by atoms with van der Waals surface area (Å²) >= 11 is 0. The molecule has 1 aromatic rings. The third-order valence-electron chi connectivity index (χ3n) is 3.11. The Morgan fingerprint density at radius 2 is 2.18 bits per heavy atom. The van der Waals surface area contributed by atoms with Crippen molar-refractivity contribution >= 4 is 5.97 Å². The first-order valence-electron chi connectivity index (χ1n) is 5.96. The van der Waals surface area contributed by atoms with Gasteiger partial charge in [-0.2, -0.15) is 0 Å². The Kier molecular flexibility index (Phi) is 4.12. The molecule has 2 rings (SSSR count). The van der Waals surface area contributed by atoms with Crippen LogP contribution in [0.3, 0.4) is 0 Å². The molecule has 1 atom stereocenters. The number of carbonyl (C=O) groups is 1. The summed E-state index contributed by atoms with van der Waals surface area (Å²) in [7, 11) is 0. The van der Waals surface area contributed by atoms with Crippen molar-refractivity contribution in [1.29, 1.82) is 0 Å². The second-order valence-corrected chi connectivity index (χ2v) is 4.41. The van der Waals surface area contributed by atoms with Gasteiger partial charge >= 0.3 is 5.97 Å². The Labute approximate surface area is 101 Å². The summed E-state index contributed by atoms with van der Waals surface area (Å²) in [6, 6.07) is 10.3. The third kappa shape index (κ3) is 3.54. The highest BCUT2D eigenvalue weighted by Crippen LogP contribution is 2.12. The van der Waals surface area contributed by atoms with Crippen LogP contribution in [0, 0.1) is 0 Å². The van der Waals surface area contributed by atoms with Crippen LogP contribution < -0.4 is 5.32 Å². The SMILES string of the molecule is O=C(O)C[C@H]1CNCCN1Cc1ccccc1. The zero-order valence-electron chi connectivity index (χ0n) is 9.80. The smallest absolute Gasteiger partial charge is 0.304 e. The molecule has 0 spiro atoms. The molecular weight excluding hydrogens is 216 g/mol. The highest BCUT2D eigenvalue weighted by atomic mass is 16.4. The maximum absolute atomic E-state index is 10.8. The summed E-state index contributed by atoms with van der Waals surface area (Å²) in [5, 5.41) is 12.1. The third-order valence-corrected chi connectivity index (χ3v) is 3.11. The van der Waals surface area contributed by atoms with Crippen LogP contribution in [0.25, 0.3) is 0 Å². The molecule has 1 saturated heterocycles. The van der Waals surface area contributed by atoms with E-state index in [9.17, 15) is 4.79 Å². The first kappa shape index (κ1) is 12.1. The van der Waals surface area contributed by atoms with Crippen LogP contribution >= 0.6 is 0 Å². The van der Waals surface area contributed by atoms with Gasteiger partial charge in [0.05, 0.1) is 6.42 Å².